The van der Waals surface area contributed by atoms with E-state index in [1.165, 1.54) is 12.1 Å². The van der Waals surface area contributed by atoms with E-state index >= 15 is 0 Å². The summed E-state index contributed by atoms with van der Waals surface area (Å²) in [5, 5.41) is 3.19. The van der Waals surface area contributed by atoms with Gasteiger partial charge in [0.2, 0.25) is 0 Å². The first-order valence-corrected chi connectivity index (χ1v) is 7.00. The SMILES string of the molecule is CNC1CCCN(c2ccc(Br)c(C(F)(F)F)c2)C1. The highest BCUT2D eigenvalue weighted by molar-refractivity contribution is 9.10. The summed E-state index contributed by atoms with van der Waals surface area (Å²) >= 11 is 2.96. The van der Waals surface area contributed by atoms with Crippen molar-refractivity contribution in [3.63, 3.8) is 0 Å². The fraction of sp³-hybridized carbons (Fsp3) is 0.538. The number of hydrogen-bond donors (Lipinski definition) is 1. The molecule has 1 fully saturated rings. The van der Waals surface area contributed by atoms with Gasteiger partial charge in [0, 0.05) is 29.3 Å². The summed E-state index contributed by atoms with van der Waals surface area (Å²) in [7, 11) is 1.89. The monoisotopic (exact) mass is 336 g/mol. The van der Waals surface area contributed by atoms with Crippen molar-refractivity contribution in [3.8, 4) is 0 Å². The summed E-state index contributed by atoms with van der Waals surface area (Å²) in [5.74, 6) is 0. The van der Waals surface area contributed by atoms with E-state index in [4.69, 9.17) is 0 Å². The molecule has 0 amide bonds. The van der Waals surface area contributed by atoms with E-state index in [0.717, 1.165) is 25.9 Å². The molecule has 0 spiro atoms. The van der Waals surface area contributed by atoms with Gasteiger partial charge in [0.25, 0.3) is 0 Å². The van der Waals surface area contributed by atoms with E-state index in [-0.39, 0.29) is 4.47 Å². The summed E-state index contributed by atoms with van der Waals surface area (Å²) < 4.78 is 38.7. The largest absolute Gasteiger partial charge is 0.417 e. The first-order chi connectivity index (χ1) is 8.91. The van der Waals surface area contributed by atoms with Gasteiger partial charge in [-0.2, -0.15) is 13.2 Å². The molecule has 106 valence electrons. The van der Waals surface area contributed by atoms with Crippen LogP contribution in [0, 0.1) is 0 Å². The molecule has 1 aliphatic rings. The van der Waals surface area contributed by atoms with E-state index in [1.807, 2.05) is 11.9 Å². The van der Waals surface area contributed by atoms with Crippen LogP contribution in [0.3, 0.4) is 0 Å². The molecule has 1 unspecified atom stereocenters. The normalized spacial score (nSPS) is 20.7. The van der Waals surface area contributed by atoms with Crippen LogP contribution >= 0.6 is 15.9 Å². The maximum atomic E-state index is 12.9. The van der Waals surface area contributed by atoms with Gasteiger partial charge in [0.15, 0.2) is 0 Å². The van der Waals surface area contributed by atoms with Gasteiger partial charge < -0.3 is 10.2 Å². The molecule has 0 saturated carbocycles. The fourth-order valence-electron chi connectivity index (χ4n) is 2.37. The first-order valence-electron chi connectivity index (χ1n) is 6.21. The second-order valence-corrected chi connectivity index (χ2v) is 5.59. The third-order valence-corrected chi connectivity index (χ3v) is 4.14. The van der Waals surface area contributed by atoms with Crippen molar-refractivity contribution >= 4 is 21.6 Å². The van der Waals surface area contributed by atoms with E-state index in [9.17, 15) is 13.2 Å². The molecule has 1 atom stereocenters. The molecule has 0 aliphatic carbocycles. The van der Waals surface area contributed by atoms with Crippen molar-refractivity contribution < 1.29 is 13.2 Å². The van der Waals surface area contributed by atoms with Crippen LogP contribution in [0.2, 0.25) is 0 Å². The van der Waals surface area contributed by atoms with Gasteiger partial charge in [-0.3, -0.25) is 0 Å². The highest BCUT2D eigenvalue weighted by Crippen LogP contribution is 2.37. The zero-order valence-electron chi connectivity index (χ0n) is 10.6. The van der Waals surface area contributed by atoms with Gasteiger partial charge in [0.1, 0.15) is 0 Å². The predicted molar refractivity (Wildman–Crippen MR) is 73.4 cm³/mol. The zero-order chi connectivity index (χ0) is 14.0. The van der Waals surface area contributed by atoms with E-state index < -0.39 is 11.7 Å². The second-order valence-electron chi connectivity index (χ2n) is 4.74. The van der Waals surface area contributed by atoms with Crippen molar-refractivity contribution in [2.75, 3.05) is 25.0 Å². The Morgan fingerprint density at radius 2 is 2.11 bits per heavy atom. The maximum absolute atomic E-state index is 12.9. The zero-order valence-corrected chi connectivity index (χ0v) is 12.2. The standard InChI is InChI=1S/C13H16BrF3N2/c1-18-9-3-2-6-19(8-9)10-4-5-12(14)11(7-10)13(15,16)17/h4-5,7,9,18H,2-3,6,8H2,1H3. The van der Waals surface area contributed by atoms with E-state index in [0.29, 0.717) is 11.7 Å². The molecule has 1 aromatic carbocycles. The van der Waals surface area contributed by atoms with Crippen molar-refractivity contribution in [3.05, 3.63) is 28.2 Å². The van der Waals surface area contributed by atoms with Crippen molar-refractivity contribution in [1.82, 2.24) is 5.32 Å². The lowest BCUT2D eigenvalue weighted by atomic mass is 10.0. The van der Waals surface area contributed by atoms with Crippen LogP contribution < -0.4 is 10.2 Å². The Hall–Kier alpha value is -0.750. The smallest absolute Gasteiger partial charge is 0.370 e. The van der Waals surface area contributed by atoms with Gasteiger partial charge in [-0.25, -0.2) is 0 Å². The fourth-order valence-corrected chi connectivity index (χ4v) is 2.85. The highest BCUT2D eigenvalue weighted by Gasteiger charge is 2.33. The molecule has 0 aromatic heterocycles. The first kappa shape index (κ1) is 14.7. The molecule has 0 bridgehead atoms. The van der Waals surface area contributed by atoms with Crippen LogP contribution in [0.1, 0.15) is 18.4 Å². The number of alkyl halides is 3. The van der Waals surface area contributed by atoms with Gasteiger partial charge in [-0.15, -0.1) is 0 Å². The summed E-state index contributed by atoms with van der Waals surface area (Å²) in [4.78, 5) is 2.01. The average molecular weight is 337 g/mol. The molecule has 0 radical (unpaired) electrons. The molecule has 2 nitrogen and oxygen atoms in total. The van der Waals surface area contributed by atoms with Crippen molar-refractivity contribution in [2.24, 2.45) is 0 Å². The summed E-state index contributed by atoms with van der Waals surface area (Å²) in [6.45, 7) is 1.55. The minimum absolute atomic E-state index is 0.0888. The maximum Gasteiger partial charge on any atom is 0.417 e. The number of likely N-dealkylation sites (N-methyl/N-ethyl adjacent to an activating group) is 1. The number of piperidine rings is 1. The summed E-state index contributed by atoms with van der Waals surface area (Å²) in [5.41, 5.74) is 0.0204. The Morgan fingerprint density at radius 3 is 2.74 bits per heavy atom. The Morgan fingerprint density at radius 1 is 1.37 bits per heavy atom. The van der Waals surface area contributed by atoms with Gasteiger partial charge >= 0.3 is 6.18 Å². The Kier molecular flexibility index (Phi) is 4.40. The number of anilines is 1. The Balaban J connectivity index is 2.25. The number of nitrogens with one attached hydrogen (secondary N) is 1. The van der Waals surface area contributed by atoms with Crippen LogP contribution in [0.5, 0.6) is 0 Å². The van der Waals surface area contributed by atoms with Crippen LogP contribution in [0.4, 0.5) is 18.9 Å². The minimum Gasteiger partial charge on any atom is -0.370 e. The molecule has 1 N–H and O–H groups in total. The molecule has 19 heavy (non-hydrogen) atoms. The molecule has 1 saturated heterocycles. The lowest BCUT2D eigenvalue weighted by Crippen LogP contribution is -2.44. The third kappa shape index (κ3) is 3.42. The summed E-state index contributed by atoms with van der Waals surface area (Å²) in [6.07, 6.45) is -2.27. The van der Waals surface area contributed by atoms with E-state index in [2.05, 4.69) is 21.2 Å². The van der Waals surface area contributed by atoms with Crippen molar-refractivity contribution in [1.29, 1.82) is 0 Å². The molecular weight excluding hydrogens is 321 g/mol. The molecular formula is C13H16BrF3N2. The third-order valence-electron chi connectivity index (χ3n) is 3.45. The lowest BCUT2D eigenvalue weighted by molar-refractivity contribution is -0.138. The lowest BCUT2D eigenvalue weighted by Gasteiger charge is -2.34. The molecule has 2 rings (SSSR count). The highest BCUT2D eigenvalue weighted by atomic mass is 79.9. The van der Waals surface area contributed by atoms with Gasteiger partial charge in [0.05, 0.1) is 5.56 Å². The predicted octanol–water partition coefficient (Wildman–Crippen LogP) is 3.66. The Bertz CT molecular complexity index is 448. The second kappa shape index (κ2) is 5.71. The molecule has 6 heteroatoms. The molecule has 1 aromatic rings. The number of benzene rings is 1. The topological polar surface area (TPSA) is 15.3 Å². The minimum atomic E-state index is -4.33. The van der Waals surface area contributed by atoms with Crippen molar-refractivity contribution in [2.45, 2.75) is 25.1 Å². The van der Waals surface area contributed by atoms with Crippen LogP contribution in [0.25, 0.3) is 0 Å². The van der Waals surface area contributed by atoms with Crippen LogP contribution in [-0.4, -0.2) is 26.2 Å². The number of rotatable bonds is 2. The van der Waals surface area contributed by atoms with Crippen LogP contribution in [-0.2, 0) is 6.18 Å². The van der Waals surface area contributed by atoms with Gasteiger partial charge in [-0.1, -0.05) is 15.9 Å². The number of hydrogen-bond acceptors (Lipinski definition) is 2. The van der Waals surface area contributed by atoms with Crippen LogP contribution in [0.15, 0.2) is 22.7 Å². The molecule has 1 aliphatic heterocycles. The molecule has 1 heterocycles. The quantitative estimate of drug-likeness (QED) is 0.886. The van der Waals surface area contributed by atoms with Gasteiger partial charge in [-0.05, 0) is 38.1 Å². The average Bonchev–Trinajstić information content (AvgIpc) is 2.38. The number of nitrogens with zero attached hydrogens (tertiary/aromatic N) is 1. The van der Waals surface area contributed by atoms with E-state index in [1.54, 1.807) is 6.07 Å². The number of halogens is 4. The Labute approximate surface area is 119 Å². The summed E-state index contributed by atoms with van der Waals surface area (Å²) in [6, 6.07) is 4.77.